The minimum absolute atomic E-state index is 0.129. The lowest BCUT2D eigenvalue weighted by Crippen LogP contribution is -2.18. The topological polar surface area (TPSA) is 83.8 Å². The van der Waals surface area contributed by atoms with Crippen molar-refractivity contribution < 1.29 is 24.5 Å². The van der Waals surface area contributed by atoms with Gasteiger partial charge in [0.05, 0.1) is 0 Å². The van der Waals surface area contributed by atoms with Gasteiger partial charge in [-0.2, -0.15) is 0 Å². The second kappa shape index (κ2) is 7.24. The third-order valence-corrected chi connectivity index (χ3v) is 2.12. The first-order chi connectivity index (χ1) is 8.59. The molecule has 0 aliphatic carbocycles. The van der Waals surface area contributed by atoms with Gasteiger partial charge in [-0.15, -0.1) is 0 Å². The molecule has 2 N–H and O–H groups in total. The molecule has 1 rings (SSSR count). The number of hydrogen-bond acceptors (Lipinski definition) is 4. The normalized spacial score (nSPS) is 12.3. The zero-order valence-corrected chi connectivity index (χ0v) is 9.65. The van der Waals surface area contributed by atoms with Crippen LogP contribution in [0.15, 0.2) is 42.5 Å². The van der Waals surface area contributed by atoms with E-state index in [9.17, 15) is 9.59 Å². The predicted octanol–water partition coefficient (Wildman–Crippen LogP) is 1.12. The highest BCUT2D eigenvalue weighted by molar-refractivity contribution is 5.82. The first-order valence-corrected chi connectivity index (χ1v) is 5.37. The van der Waals surface area contributed by atoms with Crippen molar-refractivity contribution in [2.24, 2.45) is 0 Å². The van der Waals surface area contributed by atoms with Crippen LogP contribution in [0.2, 0.25) is 0 Å². The van der Waals surface area contributed by atoms with Gasteiger partial charge in [0.25, 0.3) is 0 Å². The quantitative estimate of drug-likeness (QED) is 0.584. The van der Waals surface area contributed by atoms with E-state index in [0.717, 1.165) is 11.6 Å². The summed E-state index contributed by atoms with van der Waals surface area (Å²) in [6, 6.07) is 9.18. The molecule has 0 saturated carbocycles. The van der Waals surface area contributed by atoms with Gasteiger partial charge in [-0.05, 0) is 5.56 Å². The molecule has 96 valence electrons. The minimum Gasteiger partial charge on any atom is -0.479 e. The maximum Gasteiger partial charge on any atom is 0.332 e. The van der Waals surface area contributed by atoms with Gasteiger partial charge in [0.15, 0.2) is 6.10 Å². The second-order valence-electron chi connectivity index (χ2n) is 3.59. The molecule has 0 bridgehead atoms. The van der Waals surface area contributed by atoms with Crippen LogP contribution >= 0.6 is 0 Å². The van der Waals surface area contributed by atoms with Crippen LogP contribution in [-0.4, -0.2) is 28.3 Å². The Balaban J connectivity index is 2.30. The van der Waals surface area contributed by atoms with Crippen molar-refractivity contribution in [2.75, 3.05) is 0 Å². The van der Waals surface area contributed by atoms with Crippen molar-refractivity contribution in [3.8, 4) is 0 Å². The molecule has 0 spiro atoms. The van der Waals surface area contributed by atoms with E-state index < -0.39 is 18.0 Å². The molecule has 18 heavy (non-hydrogen) atoms. The van der Waals surface area contributed by atoms with E-state index in [-0.39, 0.29) is 13.0 Å². The summed E-state index contributed by atoms with van der Waals surface area (Å²) in [4.78, 5) is 21.5. The van der Waals surface area contributed by atoms with Crippen LogP contribution in [0.1, 0.15) is 12.0 Å². The summed E-state index contributed by atoms with van der Waals surface area (Å²) >= 11 is 0. The molecule has 5 nitrogen and oxygen atoms in total. The van der Waals surface area contributed by atoms with Gasteiger partial charge in [-0.25, -0.2) is 9.59 Å². The van der Waals surface area contributed by atoms with E-state index in [0.29, 0.717) is 0 Å². The number of carboxylic acid groups (broad SMARTS) is 1. The summed E-state index contributed by atoms with van der Waals surface area (Å²) in [6.45, 7) is 0.158. The standard InChI is InChI=1S/C13H14O5/c14-11(13(16)17)7-4-8-12(15)18-9-10-5-2-1-3-6-10/h1-6,8,11,14H,7,9H2,(H,16,17)/b8-4+. The Morgan fingerprint density at radius 1 is 1.28 bits per heavy atom. The van der Waals surface area contributed by atoms with E-state index in [1.165, 1.54) is 6.08 Å². The molecule has 5 heteroatoms. The van der Waals surface area contributed by atoms with E-state index >= 15 is 0 Å². The average Bonchev–Trinajstić information content (AvgIpc) is 2.37. The molecular formula is C13H14O5. The van der Waals surface area contributed by atoms with Crippen molar-refractivity contribution in [3.63, 3.8) is 0 Å². The molecule has 0 heterocycles. The average molecular weight is 250 g/mol. The first-order valence-electron chi connectivity index (χ1n) is 5.37. The highest BCUT2D eigenvalue weighted by Crippen LogP contribution is 2.01. The largest absolute Gasteiger partial charge is 0.479 e. The Labute approximate surface area is 104 Å². The molecule has 1 unspecified atom stereocenters. The maximum absolute atomic E-state index is 11.2. The predicted molar refractivity (Wildman–Crippen MR) is 63.6 cm³/mol. The number of benzene rings is 1. The maximum atomic E-state index is 11.2. The van der Waals surface area contributed by atoms with Crippen LogP contribution in [0.5, 0.6) is 0 Å². The zero-order chi connectivity index (χ0) is 13.4. The number of ether oxygens (including phenoxy) is 1. The number of rotatable bonds is 6. The van der Waals surface area contributed by atoms with Crippen LogP contribution in [0.25, 0.3) is 0 Å². The lowest BCUT2D eigenvalue weighted by molar-refractivity contribution is -0.146. The Bertz CT molecular complexity index is 424. The first kappa shape index (κ1) is 13.9. The van der Waals surface area contributed by atoms with Gasteiger partial charge in [0.2, 0.25) is 0 Å². The molecule has 1 atom stereocenters. The van der Waals surface area contributed by atoms with Crippen LogP contribution in [0.4, 0.5) is 0 Å². The van der Waals surface area contributed by atoms with E-state index in [2.05, 4.69) is 0 Å². The monoisotopic (exact) mass is 250 g/mol. The smallest absolute Gasteiger partial charge is 0.332 e. The molecule has 0 fully saturated rings. The molecule has 0 radical (unpaired) electrons. The third-order valence-electron chi connectivity index (χ3n) is 2.12. The highest BCUT2D eigenvalue weighted by Gasteiger charge is 2.10. The van der Waals surface area contributed by atoms with Crippen LogP contribution in [0, 0.1) is 0 Å². The highest BCUT2D eigenvalue weighted by atomic mass is 16.5. The Morgan fingerprint density at radius 2 is 1.94 bits per heavy atom. The minimum atomic E-state index is -1.50. The molecule has 1 aromatic carbocycles. The molecule has 1 aromatic rings. The van der Waals surface area contributed by atoms with Gasteiger partial charge in [0.1, 0.15) is 6.61 Å². The fourth-order valence-electron chi connectivity index (χ4n) is 1.17. The summed E-state index contributed by atoms with van der Waals surface area (Å²) in [7, 11) is 0. The second-order valence-corrected chi connectivity index (χ2v) is 3.59. The number of esters is 1. The van der Waals surface area contributed by atoms with Crippen molar-refractivity contribution >= 4 is 11.9 Å². The van der Waals surface area contributed by atoms with Crippen LogP contribution in [-0.2, 0) is 20.9 Å². The third kappa shape index (κ3) is 5.27. The summed E-state index contributed by atoms with van der Waals surface area (Å²) in [5, 5.41) is 17.3. The lowest BCUT2D eigenvalue weighted by Gasteiger charge is -2.02. The number of aliphatic hydroxyl groups excluding tert-OH is 1. The molecular weight excluding hydrogens is 236 g/mol. The van der Waals surface area contributed by atoms with Crippen molar-refractivity contribution in [1.29, 1.82) is 0 Å². The van der Waals surface area contributed by atoms with Gasteiger partial charge >= 0.3 is 11.9 Å². The van der Waals surface area contributed by atoms with Gasteiger partial charge in [-0.3, -0.25) is 0 Å². The fourth-order valence-corrected chi connectivity index (χ4v) is 1.17. The van der Waals surface area contributed by atoms with Gasteiger partial charge in [-0.1, -0.05) is 36.4 Å². The number of hydrogen-bond donors (Lipinski definition) is 2. The van der Waals surface area contributed by atoms with Crippen molar-refractivity contribution in [3.05, 3.63) is 48.0 Å². The zero-order valence-electron chi connectivity index (χ0n) is 9.65. The Kier molecular flexibility index (Phi) is 5.60. The molecule has 0 aliphatic rings. The summed E-state index contributed by atoms with van der Waals surface area (Å²) < 4.78 is 4.92. The summed E-state index contributed by atoms with van der Waals surface area (Å²) in [6.07, 6.45) is 0.750. The summed E-state index contributed by atoms with van der Waals surface area (Å²) in [5.74, 6) is -1.89. The summed E-state index contributed by atoms with van der Waals surface area (Å²) in [5.41, 5.74) is 0.866. The van der Waals surface area contributed by atoms with Gasteiger partial charge < -0.3 is 14.9 Å². The lowest BCUT2D eigenvalue weighted by atomic mass is 10.2. The molecule has 0 saturated heterocycles. The number of carbonyl (C=O) groups excluding carboxylic acids is 1. The van der Waals surface area contributed by atoms with Crippen LogP contribution < -0.4 is 0 Å². The van der Waals surface area contributed by atoms with E-state index in [1.54, 1.807) is 0 Å². The number of aliphatic carboxylic acids is 1. The Hall–Kier alpha value is -2.14. The number of aliphatic hydroxyl groups is 1. The van der Waals surface area contributed by atoms with Crippen molar-refractivity contribution in [2.45, 2.75) is 19.1 Å². The Morgan fingerprint density at radius 3 is 2.56 bits per heavy atom. The molecule has 0 aromatic heterocycles. The molecule has 0 amide bonds. The van der Waals surface area contributed by atoms with Crippen LogP contribution in [0.3, 0.4) is 0 Å². The van der Waals surface area contributed by atoms with Gasteiger partial charge in [0, 0.05) is 12.5 Å². The van der Waals surface area contributed by atoms with E-state index in [4.69, 9.17) is 14.9 Å². The SMILES string of the molecule is O=C(/C=C/CC(O)C(=O)O)OCc1ccccc1. The number of carboxylic acids is 1. The molecule has 0 aliphatic heterocycles. The fraction of sp³-hybridized carbons (Fsp3) is 0.231. The van der Waals surface area contributed by atoms with Crippen molar-refractivity contribution in [1.82, 2.24) is 0 Å². The van der Waals surface area contributed by atoms with E-state index in [1.807, 2.05) is 30.3 Å². The number of carbonyl (C=O) groups is 2.